The fourth-order valence-electron chi connectivity index (χ4n) is 3.49. The summed E-state index contributed by atoms with van der Waals surface area (Å²) in [5.74, 6) is 0.426. The van der Waals surface area contributed by atoms with Gasteiger partial charge in [-0.1, -0.05) is 24.3 Å². The first-order chi connectivity index (χ1) is 11.6. The van der Waals surface area contributed by atoms with Crippen molar-refractivity contribution in [2.24, 2.45) is 13.0 Å². The number of carbonyl (C=O) groups excluding carboxylic acids is 1. The van der Waals surface area contributed by atoms with Crippen molar-refractivity contribution >= 4 is 5.91 Å². The van der Waals surface area contributed by atoms with Crippen molar-refractivity contribution in [2.75, 3.05) is 19.6 Å². The van der Waals surface area contributed by atoms with Crippen LogP contribution in [0.4, 0.5) is 0 Å². The fourth-order valence-corrected chi connectivity index (χ4v) is 3.49. The molecule has 0 saturated carbocycles. The number of rotatable bonds is 5. The Kier molecular flexibility index (Phi) is 5.00. The molecule has 0 radical (unpaired) electrons. The van der Waals surface area contributed by atoms with E-state index in [1.165, 1.54) is 11.1 Å². The smallest absolute Gasteiger partial charge is 0.227 e. The van der Waals surface area contributed by atoms with Gasteiger partial charge >= 0.3 is 0 Å². The molecular formula is C19H26N4O. The predicted molar refractivity (Wildman–Crippen MR) is 94.6 cm³/mol. The van der Waals surface area contributed by atoms with Crippen LogP contribution in [0.1, 0.15) is 29.5 Å². The lowest BCUT2D eigenvalue weighted by Gasteiger charge is -2.27. The molecule has 128 valence electrons. The first kappa shape index (κ1) is 16.7. The molecule has 24 heavy (non-hydrogen) atoms. The monoisotopic (exact) mass is 326 g/mol. The average molecular weight is 326 g/mol. The number of carbonyl (C=O) groups is 1. The first-order valence-corrected chi connectivity index (χ1v) is 8.62. The summed E-state index contributed by atoms with van der Waals surface area (Å²) in [6.07, 6.45) is 3.91. The first-order valence-electron chi connectivity index (χ1n) is 8.62. The average Bonchev–Trinajstić information content (AvgIpc) is 3.22. The van der Waals surface area contributed by atoms with Crippen molar-refractivity contribution in [3.63, 3.8) is 0 Å². The van der Waals surface area contributed by atoms with E-state index in [0.29, 0.717) is 6.54 Å². The topological polar surface area (TPSA) is 50.2 Å². The molecule has 3 rings (SSSR count). The van der Waals surface area contributed by atoms with Gasteiger partial charge in [0, 0.05) is 45.3 Å². The highest BCUT2D eigenvalue weighted by molar-refractivity contribution is 5.80. The van der Waals surface area contributed by atoms with E-state index in [1.807, 2.05) is 36.5 Å². The van der Waals surface area contributed by atoms with Crippen molar-refractivity contribution in [1.82, 2.24) is 20.0 Å². The van der Waals surface area contributed by atoms with E-state index in [0.717, 1.165) is 25.2 Å². The van der Waals surface area contributed by atoms with Crippen LogP contribution < -0.4 is 5.32 Å². The van der Waals surface area contributed by atoms with Crippen molar-refractivity contribution in [2.45, 2.75) is 26.3 Å². The quantitative estimate of drug-likeness (QED) is 0.915. The van der Waals surface area contributed by atoms with Crippen LogP contribution in [0.5, 0.6) is 0 Å². The minimum Gasteiger partial charge on any atom is -0.338 e. The van der Waals surface area contributed by atoms with E-state index < -0.39 is 0 Å². The van der Waals surface area contributed by atoms with Crippen molar-refractivity contribution in [3.8, 4) is 0 Å². The molecule has 1 aliphatic heterocycles. The third-order valence-electron chi connectivity index (χ3n) is 5.00. The van der Waals surface area contributed by atoms with Gasteiger partial charge in [-0.25, -0.2) is 0 Å². The van der Waals surface area contributed by atoms with Gasteiger partial charge in [-0.05, 0) is 30.5 Å². The maximum absolute atomic E-state index is 13.1. The van der Waals surface area contributed by atoms with Crippen molar-refractivity contribution < 1.29 is 4.79 Å². The Morgan fingerprint density at radius 2 is 2.17 bits per heavy atom. The van der Waals surface area contributed by atoms with Crippen molar-refractivity contribution in [1.29, 1.82) is 0 Å². The second-order valence-corrected chi connectivity index (χ2v) is 6.60. The number of aryl methyl sites for hydroxylation is 2. The Hall–Kier alpha value is -2.14. The fraction of sp³-hybridized carbons (Fsp3) is 0.474. The zero-order chi connectivity index (χ0) is 17.1. The summed E-state index contributed by atoms with van der Waals surface area (Å²) in [7, 11) is 1.92. The zero-order valence-electron chi connectivity index (χ0n) is 14.7. The van der Waals surface area contributed by atoms with Crippen molar-refractivity contribution in [3.05, 3.63) is 53.3 Å². The van der Waals surface area contributed by atoms with Crippen LogP contribution in [-0.2, 0) is 18.4 Å². The summed E-state index contributed by atoms with van der Waals surface area (Å²) >= 11 is 0. The molecule has 0 bridgehead atoms. The summed E-state index contributed by atoms with van der Waals surface area (Å²) in [4.78, 5) is 15.1. The Morgan fingerprint density at radius 3 is 2.83 bits per heavy atom. The second kappa shape index (κ2) is 7.18. The Morgan fingerprint density at radius 1 is 1.38 bits per heavy atom. The Balaban J connectivity index is 1.76. The largest absolute Gasteiger partial charge is 0.338 e. The van der Waals surface area contributed by atoms with Crippen LogP contribution in [0, 0.1) is 12.8 Å². The minimum absolute atomic E-state index is 0.0156. The van der Waals surface area contributed by atoms with E-state index in [4.69, 9.17) is 0 Å². The summed E-state index contributed by atoms with van der Waals surface area (Å²) in [5, 5.41) is 7.64. The van der Waals surface area contributed by atoms with Gasteiger partial charge < -0.3 is 10.2 Å². The number of nitrogens with one attached hydrogen (secondary N) is 1. The van der Waals surface area contributed by atoms with Gasteiger partial charge in [0.2, 0.25) is 5.91 Å². The van der Waals surface area contributed by atoms with E-state index in [9.17, 15) is 4.79 Å². The molecule has 1 aromatic heterocycles. The summed E-state index contributed by atoms with van der Waals surface area (Å²) in [6, 6.07) is 8.28. The van der Waals surface area contributed by atoms with Crippen LogP contribution in [-0.4, -0.2) is 40.2 Å². The molecule has 2 aromatic rings. The molecule has 5 nitrogen and oxygen atoms in total. The van der Waals surface area contributed by atoms with Crippen LogP contribution in [0.2, 0.25) is 0 Å². The Bertz CT molecular complexity index is 709. The van der Waals surface area contributed by atoms with Crippen LogP contribution in [0.3, 0.4) is 0 Å². The lowest BCUT2D eigenvalue weighted by Crippen LogP contribution is -2.38. The molecule has 1 aliphatic rings. The molecule has 1 aromatic carbocycles. The molecule has 0 aliphatic carbocycles. The third-order valence-corrected chi connectivity index (χ3v) is 5.00. The summed E-state index contributed by atoms with van der Waals surface area (Å²) in [6.45, 7) is 7.13. The molecule has 1 fully saturated rings. The van der Waals surface area contributed by atoms with E-state index >= 15 is 0 Å². The van der Waals surface area contributed by atoms with Gasteiger partial charge in [-0.3, -0.25) is 9.48 Å². The maximum atomic E-state index is 13.1. The van der Waals surface area contributed by atoms with Crippen LogP contribution in [0.15, 0.2) is 36.7 Å². The molecular weight excluding hydrogens is 300 g/mol. The third kappa shape index (κ3) is 3.36. The molecule has 1 N–H and O–H groups in total. The summed E-state index contributed by atoms with van der Waals surface area (Å²) in [5.41, 5.74) is 3.60. The molecule has 2 heterocycles. The van der Waals surface area contributed by atoms with E-state index in [1.54, 1.807) is 4.68 Å². The van der Waals surface area contributed by atoms with Crippen LogP contribution in [0.25, 0.3) is 0 Å². The van der Waals surface area contributed by atoms with Gasteiger partial charge in [0.25, 0.3) is 0 Å². The Labute approximate surface area is 143 Å². The lowest BCUT2D eigenvalue weighted by atomic mass is 9.89. The highest BCUT2D eigenvalue weighted by Crippen LogP contribution is 2.29. The predicted octanol–water partition coefficient (Wildman–Crippen LogP) is 2.08. The molecule has 0 unspecified atom stereocenters. The number of nitrogens with zero attached hydrogens (tertiary/aromatic N) is 3. The normalized spacial score (nSPS) is 20.3. The highest BCUT2D eigenvalue weighted by atomic mass is 16.2. The SMILES string of the molecule is CCN(Cc1ccccc1C)C(=O)[C@H]1CNC[C@@H]1c1cnn(C)c1. The number of hydrogen-bond acceptors (Lipinski definition) is 3. The number of amides is 1. The van der Waals surface area contributed by atoms with Gasteiger partial charge in [0.15, 0.2) is 0 Å². The number of benzene rings is 1. The standard InChI is InChI=1S/C19H26N4O/c1-4-23(13-15-8-6-5-7-14(15)2)19(24)18-11-20-10-17(18)16-9-21-22(3)12-16/h5-9,12,17-18,20H,4,10-11,13H2,1-3H3/t17-,18+/m1/s1. The van der Waals surface area contributed by atoms with E-state index in [2.05, 4.69) is 36.4 Å². The molecule has 2 atom stereocenters. The molecule has 1 amide bonds. The number of hydrogen-bond donors (Lipinski definition) is 1. The number of aromatic nitrogens is 2. The highest BCUT2D eigenvalue weighted by Gasteiger charge is 2.36. The minimum atomic E-state index is -0.0156. The molecule has 1 saturated heterocycles. The maximum Gasteiger partial charge on any atom is 0.227 e. The second-order valence-electron chi connectivity index (χ2n) is 6.60. The van der Waals surface area contributed by atoms with Gasteiger partial charge in [0.05, 0.1) is 12.1 Å². The summed E-state index contributed by atoms with van der Waals surface area (Å²) < 4.78 is 1.81. The molecule has 0 spiro atoms. The molecule has 5 heteroatoms. The van der Waals surface area contributed by atoms with Gasteiger partial charge in [0.1, 0.15) is 0 Å². The lowest BCUT2D eigenvalue weighted by molar-refractivity contribution is -0.135. The van der Waals surface area contributed by atoms with E-state index in [-0.39, 0.29) is 17.7 Å². The zero-order valence-corrected chi connectivity index (χ0v) is 14.7. The van der Waals surface area contributed by atoms with Crippen LogP contribution >= 0.6 is 0 Å². The van der Waals surface area contributed by atoms with Gasteiger partial charge in [-0.2, -0.15) is 5.10 Å². The van der Waals surface area contributed by atoms with Gasteiger partial charge in [-0.15, -0.1) is 0 Å².